The van der Waals surface area contributed by atoms with E-state index in [0.29, 0.717) is 10.8 Å². The highest BCUT2D eigenvalue weighted by molar-refractivity contribution is 6.32. The second-order valence-electron chi connectivity index (χ2n) is 5.73. The molecule has 0 unspecified atom stereocenters. The van der Waals surface area contributed by atoms with Gasteiger partial charge in [0.2, 0.25) is 5.91 Å². The predicted molar refractivity (Wildman–Crippen MR) is 80.6 cm³/mol. The highest BCUT2D eigenvalue weighted by Gasteiger charge is 2.32. The first kappa shape index (κ1) is 17.3. The van der Waals surface area contributed by atoms with E-state index in [9.17, 15) is 9.59 Å². The van der Waals surface area contributed by atoms with Crippen molar-refractivity contribution in [2.24, 2.45) is 5.41 Å². The zero-order valence-electron chi connectivity index (χ0n) is 12.4. The molecule has 0 aromatic heterocycles. The van der Waals surface area contributed by atoms with E-state index < -0.39 is 17.4 Å². The number of amides is 1. The number of carboxylic acid groups (broad SMARTS) is 1. The standard InChI is InChI=1S/C15H20ClNO4/c1-15(2,3)13(14(19)20)17-12(18)8-9-21-11-7-5-4-6-10(11)16/h4-7,13H,8-9H2,1-3H3,(H,17,18)(H,19,20)/t13-/m0/s1. The zero-order chi connectivity index (χ0) is 16.0. The summed E-state index contributed by atoms with van der Waals surface area (Å²) in [6.07, 6.45) is 0.0606. The fourth-order valence-corrected chi connectivity index (χ4v) is 1.89. The molecule has 1 atom stereocenters. The summed E-state index contributed by atoms with van der Waals surface area (Å²) in [5.41, 5.74) is -0.564. The number of hydrogen-bond acceptors (Lipinski definition) is 3. The van der Waals surface area contributed by atoms with Crippen LogP contribution in [0.4, 0.5) is 0 Å². The minimum Gasteiger partial charge on any atom is -0.491 e. The molecule has 116 valence electrons. The molecule has 6 heteroatoms. The van der Waals surface area contributed by atoms with Crippen LogP contribution in [0.5, 0.6) is 5.75 Å². The van der Waals surface area contributed by atoms with E-state index in [4.69, 9.17) is 21.4 Å². The second-order valence-corrected chi connectivity index (χ2v) is 6.14. The molecule has 0 spiro atoms. The molecule has 2 N–H and O–H groups in total. The predicted octanol–water partition coefficient (Wildman–Crippen LogP) is 2.72. The van der Waals surface area contributed by atoms with Crippen molar-refractivity contribution in [3.05, 3.63) is 29.3 Å². The fraction of sp³-hybridized carbons (Fsp3) is 0.467. The van der Waals surface area contributed by atoms with E-state index in [1.165, 1.54) is 0 Å². The van der Waals surface area contributed by atoms with Gasteiger partial charge in [-0.1, -0.05) is 44.5 Å². The topological polar surface area (TPSA) is 75.6 Å². The molecule has 0 heterocycles. The molecule has 5 nitrogen and oxygen atoms in total. The van der Waals surface area contributed by atoms with Crippen LogP contribution in [0.2, 0.25) is 5.02 Å². The number of ether oxygens (including phenoxy) is 1. The van der Waals surface area contributed by atoms with Crippen LogP contribution in [0.15, 0.2) is 24.3 Å². The third-order valence-electron chi connectivity index (χ3n) is 2.84. The maximum atomic E-state index is 11.8. The summed E-state index contributed by atoms with van der Waals surface area (Å²) in [5.74, 6) is -0.926. The number of hydrogen-bond donors (Lipinski definition) is 2. The summed E-state index contributed by atoms with van der Waals surface area (Å²) in [7, 11) is 0. The third-order valence-corrected chi connectivity index (χ3v) is 3.15. The van der Waals surface area contributed by atoms with Crippen LogP contribution in [0.25, 0.3) is 0 Å². The van der Waals surface area contributed by atoms with Crippen molar-refractivity contribution in [2.45, 2.75) is 33.2 Å². The van der Waals surface area contributed by atoms with Gasteiger partial charge in [0.1, 0.15) is 11.8 Å². The first-order valence-corrected chi connectivity index (χ1v) is 6.99. The average Bonchev–Trinajstić information content (AvgIpc) is 2.36. The summed E-state index contributed by atoms with van der Waals surface area (Å²) in [6.45, 7) is 5.40. The van der Waals surface area contributed by atoms with Gasteiger partial charge in [-0.25, -0.2) is 4.79 Å². The lowest BCUT2D eigenvalue weighted by Gasteiger charge is -2.27. The van der Waals surface area contributed by atoms with Gasteiger partial charge >= 0.3 is 5.97 Å². The smallest absolute Gasteiger partial charge is 0.326 e. The summed E-state index contributed by atoms with van der Waals surface area (Å²) in [4.78, 5) is 23.0. The number of rotatable bonds is 6. The molecule has 1 rings (SSSR count). The van der Waals surface area contributed by atoms with Gasteiger partial charge in [-0.15, -0.1) is 0 Å². The van der Waals surface area contributed by atoms with Crippen molar-refractivity contribution in [3.8, 4) is 5.75 Å². The van der Waals surface area contributed by atoms with Gasteiger partial charge in [0, 0.05) is 0 Å². The molecule has 0 fully saturated rings. The average molecular weight is 314 g/mol. The first-order valence-electron chi connectivity index (χ1n) is 6.61. The van der Waals surface area contributed by atoms with Gasteiger partial charge in [0.05, 0.1) is 18.1 Å². The Morgan fingerprint density at radius 1 is 1.33 bits per heavy atom. The van der Waals surface area contributed by atoms with E-state index in [0.717, 1.165) is 0 Å². The molecule has 0 aliphatic heterocycles. The molecule has 1 amide bonds. The van der Waals surface area contributed by atoms with Gasteiger partial charge in [-0.05, 0) is 17.5 Å². The van der Waals surface area contributed by atoms with Crippen LogP contribution in [0.3, 0.4) is 0 Å². The minimum absolute atomic E-state index is 0.0606. The number of aliphatic carboxylic acids is 1. The molecule has 0 aliphatic carbocycles. The van der Waals surface area contributed by atoms with E-state index in [1.54, 1.807) is 45.0 Å². The molecule has 0 saturated heterocycles. The van der Waals surface area contributed by atoms with Gasteiger partial charge in [0.15, 0.2) is 0 Å². The zero-order valence-corrected chi connectivity index (χ0v) is 13.1. The number of carboxylic acids is 1. The van der Waals surface area contributed by atoms with Gasteiger partial charge in [0.25, 0.3) is 0 Å². The third kappa shape index (κ3) is 5.63. The SMILES string of the molecule is CC(C)(C)[C@@H](NC(=O)CCOc1ccccc1Cl)C(=O)O. The molecule has 0 bridgehead atoms. The Kier molecular flexibility index (Phi) is 6.03. The number of para-hydroxylation sites is 1. The Hall–Kier alpha value is -1.75. The number of carbonyl (C=O) groups excluding carboxylic acids is 1. The summed E-state index contributed by atoms with van der Waals surface area (Å²) in [6, 6.07) is 6.02. The Bertz CT molecular complexity index is 511. The van der Waals surface area contributed by atoms with Crippen LogP contribution < -0.4 is 10.1 Å². The molecular formula is C15H20ClNO4. The highest BCUT2D eigenvalue weighted by Crippen LogP contribution is 2.23. The van der Waals surface area contributed by atoms with Gasteiger partial charge in [-0.2, -0.15) is 0 Å². The van der Waals surface area contributed by atoms with Crippen LogP contribution in [0.1, 0.15) is 27.2 Å². The maximum Gasteiger partial charge on any atom is 0.326 e. The lowest BCUT2D eigenvalue weighted by molar-refractivity contribution is -0.145. The van der Waals surface area contributed by atoms with Crippen LogP contribution in [-0.4, -0.2) is 29.6 Å². The molecule has 21 heavy (non-hydrogen) atoms. The second kappa shape index (κ2) is 7.31. The van der Waals surface area contributed by atoms with Gasteiger partial charge < -0.3 is 15.2 Å². The quantitative estimate of drug-likeness (QED) is 0.846. The highest BCUT2D eigenvalue weighted by atomic mass is 35.5. The number of benzene rings is 1. The molecule has 0 saturated carbocycles. The molecule has 0 aliphatic rings. The maximum absolute atomic E-state index is 11.8. The normalized spacial score (nSPS) is 12.6. The fourth-order valence-electron chi connectivity index (χ4n) is 1.70. The lowest BCUT2D eigenvalue weighted by atomic mass is 9.86. The molecule has 1 aromatic carbocycles. The Balaban J connectivity index is 2.47. The lowest BCUT2D eigenvalue weighted by Crippen LogP contribution is -2.49. The van der Waals surface area contributed by atoms with Crippen molar-refractivity contribution < 1.29 is 19.4 Å². The Labute approximate surface area is 129 Å². The van der Waals surface area contributed by atoms with Crippen molar-refractivity contribution in [1.29, 1.82) is 0 Å². The van der Waals surface area contributed by atoms with Crippen LogP contribution in [-0.2, 0) is 9.59 Å². The van der Waals surface area contributed by atoms with Gasteiger partial charge in [-0.3, -0.25) is 4.79 Å². The minimum atomic E-state index is -1.05. The van der Waals surface area contributed by atoms with E-state index in [1.807, 2.05) is 0 Å². The number of halogens is 1. The monoisotopic (exact) mass is 313 g/mol. The van der Waals surface area contributed by atoms with E-state index in [2.05, 4.69) is 5.32 Å². The summed E-state index contributed by atoms with van der Waals surface area (Å²) < 4.78 is 5.39. The summed E-state index contributed by atoms with van der Waals surface area (Å²) in [5, 5.41) is 12.1. The number of nitrogens with one attached hydrogen (secondary N) is 1. The Morgan fingerprint density at radius 2 is 1.95 bits per heavy atom. The first-order chi connectivity index (χ1) is 9.71. The van der Waals surface area contributed by atoms with Crippen molar-refractivity contribution >= 4 is 23.5 Å². The summed E-state index contributed by atoms with van der Waals surface area (Å²) >= 11 is 5.92. The van der Waals surface area contributed by atoms with Crippen LogP contribution in [0, 0.1) is 5.41 Å². The largest absolute Gasteiger partial charge is 0.491 e. The molecular weight excluding hydrogens is 294 g/mol. The van der Waals surface area contributed by atoms with Crippen molar-refractivity contribution in [2.75, 3.05) is 6.61 Å². The van der Waals surface area contributed by atoms with E-state index >= 15 is 0 Å². The van der Waals surface area contributed by atoms with Crippen LogP contribution >= 0.6 is 11.6 Å². The molecule has 1 aromatic rings. The van der Waals surface area contributed by atoms with Crippen molar-refractivity contribution in [3.63, 3.8) is 0 Å². The van der Waals surface area contributed by atoms with Crippen molar-refractivity contribution in [1.82, 2.24) is 5.32 Å². The van der Waals surface area contributed by atoms with E-state index in [-0.39, 0.29) is 18.9 Å². The Morgan fingerprint density at radius 3 is 2.48 bits per heavy atom. The number of carbonyl (C=O) groups is 2. The molecule has 0 radical (unpaired) electrons.